The van der Waals surface area contributed by atoms with Crippen molar-refractivity contribution in [2.75, 3.05) is 9.80 Å². The number of benzene rings is 2. The first-order chi connectivity index (χ1) is 14.4. The molecule has 0 amide bonds. The maximum atomic E-state index is 4.77. The van der Waals surface area contributed by atoms with Crippen LogP contribution in [0.25, 0.3) is 0 Å². The Morgan fingerprint density at radius 3 is 2.40 bits per heavy atom. The van der Waals surface area contributed by atoms with Crippen LogP contribution in [0, 0.1) is 12.3 Å². The highest BCUT2D eigenvalue weighted by Gasteiger charge is 2.59. The van der Waals surface area contributed by atoms with Crippen LogP contribution in [-0.2, 0) is 5.41 Å². The van der Waals surface area contributed by atoms with Crippen LogP contribution in [0.5, 0.6) is 0 Å². The van der Waals surface area contributed by atoms with Crippen molar-refractivity contribution in [2.45, 2.75) is 45.7 Å². The fraction of sp³-hybridized carbons (Fsp3) is 0.308. The van der Waals surface area contributed by atoms with E-state index >= 15 is 0 Å². The first-order valence-corrected chi connectivity index (χ1v) is 10.6. The zero-order chi connectivity index (χ0) is 21.1. The van der Waals surface area contributed by atoms with E-state index in [2.05, 4.69) is 104 Å². The van der Waals surface area contributed by atoms with Gasteiger partial charge in [0.05, 0.1) is 6.20 Å². The molecule has 152 valence electrons. The molecule has 3 aromatic rings. The number of hydrogen-bond donors (Lipinski definition) is 0. The lowest BCUT2D eigenvalue weighted by Crippen LogP contribution is -2.61. The van der Waals surface area contributed by atoms with Crippen LogP contribution in [0.3, 0.4) is 0 Å². The van der Waals surface area contributed by atoms with E-state index in [0.717, 1.165) is 17.9 Å². The topological polar surface area (TPSA) is 32.3 Å². The summed E-state index contributed by atoms with van der Waals surface area (Å²) in [5, 5.41) is 0. The molecular weight excluding hydrogens is 368 g/mol. The van der Waals surface area contributed by atoms with Gasteiger partial charge in [-0.1, -0.05) is 63.2 Å². The van der Waals surface area contributed by atoms with E-state index in [1.54, 1.807) is 6.33 Å². The number of anilines is 4. The maximum absolute atomic E-state index is 4.77. The maximum Gasteiger partial charge on any atom is 0.162 e. The van der Waals surface area contributed by atoms with Crippen molar-refractivity contribution in [2.24, 2.45) is 5.41 Å². The summed E-state index contributed by atoms with van der Waals surface area (Å²) in [5.41, 5.74) is 5.89. The molecule has 0 saturated heterocycles. The lowest BCUT2D eigenvalue weighted by atomic mass is 9.57. The van der Waals surface area contributed by atoms with Gasteiger partial charge in [-0.2, -0.15) is 0 Å². The van der Waals surface area contributed by atoms with Gasteiger partial charge in [0.25, 0.3) is 0 Å². The van der Waals surface area contributed by atoms with Crippen LogP contribution in [0.2, 0.25) is 0 Å². The number of rotatable bonds is 3. The summed E-state index contributed by atoms with van der Waals surface area (Å²) in [4.78, 5) is 14.0. The average molecular weight is 397 g/mol. The van der Waals surface area contributed by atoms with Crippen LogP contribution in [0.15, 0.2) is 73.7 Å². The van der Waals surface area contributed by atoms with Crippen molar-refractivity contribution < 1.29 is 0 Å². The lowest BCUT2D eigenvalue weighted by Gasteiger charge is -2.57. The fourth-order valence-electron chi connectivity index (χ4n) is 5.46. The average Bonchev–Trinajstić information content (AvgIpc) is 3.09. The third-order valence-corrected chi connectivity index (χ3v) is 7.40. The molecule has 0 bridgehead atoms. The summed E-state index contributed by atoms with van der Waals surface area (Å²) in [5.74, 6) is 0.968. The minimum atomic E-state index is -0.113. The molecule has 1 aromatic heterocycles. The van der Waals surface area contributed by atoms with E-state index in [1.807, 2.05) is 6.20 Å². The molecule has 0 radical (unpaired) electrons. The molecule has 0 spiro atoms. The van der Waals surface area contributed by atoms with Gasteiger partial charge < -0.3 is 9.80 Å². The minimum absolute atomic E-state index is 0.0742. The lowest BCUT2D eigenvalue weighted by molar-refractivity contribution is 0.131. The molecule has 2 aliphatic rings. The monoisotopic (exact) mass is 396 g/mol. The highest BCUT2D eigenvalue weighted by Crippen LogP contribution is 2.62. The smallest absolute Gasteiger partial charge is 0.162 e. The molecule has 0 N–H and O–H groups in total. The van der Waals surface area contributed by atoms with Crippen LogP contribution in [-0.4, -0.2) is 16.1 Å². The van der Waals surface area contributed by atoms with E-state index < -0.39 is 0 Å². The van der Waals surface area contributed by atoms with E-state index in [-0.39, 0.29) is 17.0 Å². The first kappa shape index (κ1) is 18.9. The summed E-state index contributed by atoms with van der Waals surface area (Å²) in [7, 11) is 0. The number of hydrogen-bond acceptors (Lipinski definition) is 4. The number of aryl methyl sites for hydroxylation is 1. The van der Waals surface area contributed by atoms with Crippen molar-refractivity contribution >= 4 is 22.9 Å². The van der Waals surface area contributed by atoms with E-state index in [0.29, 0.717) is 0 Å². The Bertz CT molecular complexity index is 1140. The Balaban J connectivity index is 1.85. The second-order valence-electron chi connectivity index (χ2n) is 9.20. The molecule has 0 aliphatic carbocycles. The second-order valence-corrected chi connectivity index (χ2v) is 9.20. The molecular formula is C26H28N4. The van der Waals surface area contributed by atoms with Crippen LogP contribution in [0.1, 0.15) is 38.3 Å². The van der Waals surface area contributed by atoms with Crippen molar-refractivity contribution in [3.05, 3.63) is 84.8 Å². The molecule has 5 rings (SSSR count). The van der Waals surface area contributed by atoms with Crippen LogP contribution >= 0.6 is 0 Å². The normalized spacial score (nSPS) is 23.5. The third-order valence-electron chi connectivity index (χ3n) is 7.40. The first-order valence-electron chi connectivity index (χ1n) is 10.6. The zero-order valence-corrected chi connectivity index (χ0v) is 18.1. The highest BCUT2D eigenvalue weighted by molar-refractivity contribution is 5.88. The predicted molar refractivity (Wildman–Crippen MR) is 124 cm³/mol. The number of allylic oxidation sites excluding steroid dienone is 1. The largest absolute Gasteiger partial charge is 0.315 e. The Kier molecular flexibility index (Phi) is 4.04. The van der Waals surface area contributed by atoms with Gasteiger partial charge in [0.2, 0.25) is 0 Å². The van der Waals surface area contributed by atoms with E-state index in [4.69, 9.17) is 4.98 Å². The zero-order valence-electron chi connectivity index (χ0n) is 18.1. The van der Waals surface area contributed by atoms with Gasteiger partial charge in [-0.15, -0.1) is 6.58 Å². The van der Waals surface area contributed by atoms with Crippen LogP contribution in [0.4, 0.5) is 22.9 Å². The van der Waals surface area contributed by atoms with Gasteiger partial charge >= 0.3 is 0 Å². The van der Waals surface area contributed by atoms with E-state index in [9.17, 15) is 0 Å². The number of para-hydroxylation sites is 2. The second kappa shape index (κ2) is 6.43. The van der Waals surface area contributed by atoms with Gasteiger partial charge in [0, 0.05) is 22.2 Å². The summed E-state index contributed by atoms with van der Waals surface area (Å²) >= 11 is 0. The quantitative estimate of drug-likeness (QED) is 0.488. The molecule has 30 heavy (non-hydrogen) atoms. The third kappa shape index (κ3) is 2.28. The number of nitrogens with zero attached hydrogens (tertiary/aromatic N) is 4. The number of fused-ring (bicyclic) bond motifs is 5. The Hall–Kier alpha value is -3.14. The standard InChI is InChI=1S/C26H28N4/c1-6-15-26(5)19-12-8-10-14-21(19)29-22-16-27-17-28-23(22)30(24(29)25(26,3)4)20-13-9-7-11-18(20)2/h6-14,16-17,24H,1,15H2,2-5H3. The summed E-state index contributed by atoms with van der Waals surface area (Å²) in [6.07, 6.45) is 6.66. The highest BCUT2D eigenvalue weighted by atomic mass is 15.5. The molecule has 2 unspecified atom stereocenters. The van der Waals surface area contributed by atoms with Crippen molar-refractivity contribution in [1.29, 1.82) is 0 Å². The summed E-state index contributed by atoms with van der Waals surface area (Å²) in [6.45, 7) is 13.4. The molecule has 4 heteroatoms. The van der Waals surface area contributed by atoms with Crippen molar-refractivity contribution in [3.63, 3.8) is 0 Å². The molecule has 2 aromatic carbocycles. The number of aromatic nitrogens is 2. The van der Waals surface area contributed by atoms with Gasteiger partial charge in [-0.05, 0) is 36.6 Å². The van der Waals surface area contributed by atoms with Crippen LogP contribution < -0.4 is 9.80 Å². The molecule has 0 fully saturated rings. The molecule has 2 aliphatic heterocycles. The van der Waals surface area contributed by atoms with Gasteiger partial charge in [-0.25, -0.2) is 9.97 Å². The van der Waals surface area contributed by atoms with Crippen molar-refractivity contribution in [3.8, 4) is 0 Å². The van der Waals surface area contributed by atoms with Gasteiger partial charge in [-0.3, -0.25) is 0 Å². The Labute approximate surface area is 178 Å². The van der Waals surface area contributed by atoms with Gasteiger partial charge in [0.1, 0.15) is 18.2 Å². The fourth-order valence-corrected chi connectivity index (χ4v) is 5.46. The molecule has 3 heterocycles. The molecule has 2 atom stereocenters. The Morgan fingerprint density at radius 2 is 1.67 bits per heavy atom. The van der Waals surface area contributed by atoms with Crippen molar-refractivity contribution in [1.82, 2.24) is 9.97 Å². The summed E-state index contributed by atoms with van der Waals surface area (Å²) in [6, 6.07) is 17.4. The summed E-state index contributed by atoms with van der Waals surface area (Å²) < 4.78 is 0. The van der Waals surface area contributed by atoms with Gasteiger partial charge in [0.15, 0.2) is 5.82 Å². The minimum Gasteiger partial charge on any atom is -0.315 e. The SMILES string of the molecule is C=CCC1(C)c2ccccc2N2c3cncnc3N(c3ccccc3C)C2C1(C)C. The Morgan fingerprint density at radius 1 is 0.967 bits per heavy atom. The molecule has 4 nitrogen and oxygen atoms in total. The molecule has 0 saturated carbocycles. The predicted octanol–water partition coefficient (Wildman–Crippen LogP) is 6.27. The van der Waals surface area contributed by atoms with E-state index in [1.165, 1.54) is 22.5 Å².